The van der Waals surface area contributed by atoms with Crippen molar-refractivity contribution in [2.45, 2.75) is 6.92 Å². The highest BCUT2D eigenvalue weighted by Gasteiger charge is 2.03. The van der Waals surface area contributed by atoms with Crippen LogP contribution in [0, 0.1) is 12.7 Å². The van der Waals surface area contributed by atoms with E-state index in [9.17, 15) is 4.39 Å². The van der Waals surface area contributed by atoms with Crippen LogP contribution in [0.3, 0.4) is 0 Å². The minimum Gasteiger partial charge on any atom is -0.396 e. The first-order chi connectivity index (χ1) is 6.68. The lowest BCUT2D eigenvalue weighted by molar-refractivity contribution is 0.632. The first-order valence-electron chi connectivity index (χ1n) is 4.23. The third kappa shape index (κ3) is 1.35. The van der Waals surface area contributed by atoms with Crippen molar-refractivity contribution in [1.82, 2.24) is 9.55 Å². The van der Waals surface area contributed by atoms with Gasteiger partial charge in [-0.1, -0.05) is 0 Å². The third-order valence-corrected chi connectivity index (χ3v) is 2.08. The summed E-state index contributed by atoms with van der Waals surface area (Å²) < 4.78 is 14.7. The van der Waals surface area contributed by atoms with Crippen LogP contribution in [-0.2, 0) is 0 Å². The maximum absolute atomic E-state index is 12.9. The van der Waals surface area contributed by atoms with E-state index in [1.54, 1.807) is 24.7 Å². The Hall–Kier alpha value is -1.84. The molecule has 0 atom stereocenters. The maximum Gasteiger partial charge on any atom is 0.146 e. The van der Waals surface area contributed by atoms with Crippen LogP contribution in [0.1, 0.15) is 5.69 Å². The highest BCUT2D eigenvalue weighted by Crippen LogP contribution is 2.16. The topological polar surface area (TPSA) is 43.8 Å². The van der Waals surface area contributed by atoms with Gasteiger partial charge in [0.2, 0.25) is 0 Å². The molecule has 0 saturated heterocycles. The second-order valence-electron chi connectivity index (χ2n) is 3.11. The molecule has 0 aliphatic carbocycles. The van der Waals surface area contributed by atoms with E-state index in [0.29, 0.717) is 0 Å². The van der Waals surface area contributed by atoms with E-state index in [1.807, 2.05) is 11.5 Å². The van der Waals surface area contributed by atoms with Crippen molar-refractivity contribution in [2.24, 2.45) is 0 Å². The maximum atomic E-state index is 12.9. The number of benzene rings is 1. The number of nitrogen functional groups attached to an aromatic ring is 1. The van der Waals surface area contributed by atoms with Crippen LogP contribution in [0.5, 0.6) is 0 Å². The van der Waals surface area contributed by atoms with Gasteiger partial charge in [-0.05, 0) is 25.1 Å². The van der Waals surface area contributed by atoms with Crippen molar-refractivity contribution >= 4 is 5.69 Å². The molecule has 2 rings (SSSR count). The molecule has 0 aliphatic heterocycles. The number of anilines is 1. The number of aromatic nitrogens is 2. The molecule has 1 heterocycles. The van der Waals surface area contributed by atoms with E-state index < -0.39 is 5.82 Å². The summed E-state index contributed by atoms with van der Waals surface area (Å²) in [6, 6.07) is 4.61. The summed E-state index contributed by atoms with van der Waals surface area (Å²) in [6.07, 6.45) is 3.40. The fourth-order valence-corrected chi connectivity index (χ4v) is 1.31. The lowest BCUT2D eigenvalue weighted by atomic mass is 10.2. The lowest BCUT2D eigenvalue weighted by Crippen LogP contribution is -1.97. The Morgan fingerprint density at radius 2 is 2.21 bits per heavy atom. The molecule has 2 aromatic rings. The number of hydrogen-bond donors (Lipinski definition) is 1. The molecule has 0 unspecified atom stereocenters. The molecule has 14 heavy (non-hydrogen) atoms. The first-order valence-corrected chi connectivity index (χ1v) is 4.23. The average Bonchev–Trinajstić information content (AvgIpc) is 2.57. The van der Waals surface area contributed by atoms with Gasteiger partial charge in [-0.25, -0.2) is 9.37 Å². The standard InChI is InChI=1S/C10H10FN3/c1-7-5-13-6-14(7)8-2-3-9(11)10(12)4-8/h2-6H,12H2,1H3. The van der Waals surface area contributed by atoms with Crippen molar-refractivity contribution in [2.75, 3.05) is 5.73 Å². The molecule has 0 aliphatic rings. The molecule has 0 bridgehead atoms. The van der Waals surface area contributed by atoms with Crippen molar-refractivity contribution in [3.8, 4) is 5.69 Å². The number of halogens is 1. The van der Waals surface area contributed by atoms with E-state index >= 15 is 0 Å². The predicted molar refractivity (Wildman–Crippen MR) is 52.7 cm³/mol. The zero-order valence-electron chi connectivity index (χ0n) is 7.74. The SMILES string of the molecule is Cc1cncn1-c1ccc(F)c(N)c1. The molecule has 1 aromatic heterocycles. The average molecular weight is 191 g/mol. The number of nitrogens with zero attached hydrogens (tertiary/aromatic N) is 2. The number of imidazole rings is 1. The lowest BCUT2D eigenvalue weighted by Gasteiger charge is -2.05. The van der Waals surface area contributed by atoms with E-state index in [-0.39, 0.29) is 5.69 Å². The van der Waals surface area contributed by atoms with Crippen molar-refractivity contribution in [3.05, 3.63) is 42.2 Å². The Balaban J connectivity index is 2.53. The molecule has 0 radical (unpaired) electrons. The highest BCUT2D eigenvalue weighted by molar-refractivity contribution is 5.49. The Kier molecular flexibility index (Phi) is 1.96. The Bertz CT molecular complexity index is 462. The van der Waals surface area contributed by atoms with Crippen LogP contribution < -0.4 is 5.73 Å². The van der Waals surface area contributed by atoms with Crippen LogP contribution in [0.2, 0.25) is 0 Å². The normalized spacial score (nSPS) is 10.4. The smallest absolute Gasteiger partial charge is 0.146 e. The minimum absolute atomic E-state index is 0.149. The molecular weight excluding hydrogens is 181 g/mol. The summed E-state index contributed by atoms with van der Waals surface area (Å²) in [4.78, 5) is 3.98. The van der Waals surface area contributed by atoms with Crippen molar-refractivity contribution in [3.63, 3.8) is 0 Å². The summed E-state index contributed by atoms with van der Waals surface area (Å²) in [5.41, 5.74) is 7.42. The van der Waals surface area contributed by atoms with Crippen LogP contribution in [0.4, 0.5) is 10.1 Å². The highest BCUT2D eigenvalue weighted by atomic mass is 19.1. The molecule has 0 amide bonds. The van der Waals surface area contributed by atoms with Gasteiger partial charge < -0.3 is 10.3 Å². The van der Waals surface area contributed by atoms with Crippen LogP contribution in [0.25, 0.3) is 5.69 Å². The van der Waals surface area contributed by atoms with Crippen LogP contribution >= 0.6 is 0 Å². The molecule has 4 heteroatoms. The second-order valence-corrected chi connectivity index (χ2v) is 3.11. The Morgan fingerprint density at radius 1 is 1.43 bits per heavy atom. The van der Waals surface area contributed by atoms with Gasteiger partial charge in [0.25, 0.3) is 0 Å². The zero-order valence-corrected chi connectivity index (χ0v) is 7.74. The van der Waals surface area contributed by atoms with Crippen molar-refractivity contribution in [1.29, 1.82) is 0 Å². The fraction of sp³-hybridized carbons (Fsp3) is 0.100. The molecular formula is C10H10FN3. The Labute approximate surface area is 81.0 Å². The van der Waals surface area contributed by atoms with Gasteiger partial charge in [-0.3, -0.25) is 0 Å². The molecule has 0 saturated carbocycles. The summed E-state index contributed by atoms with van der Waals surface area (Å²) in [5.74, 6) is -0.397. The zero-order chi connectivity index (χ0) is 10.1. The molecule has 0 fully saturated rings. The quantitative estimate of drug-likeness (QED) is 0.699. The summed E-state index contributed by atoms with van der Waals surface area (Å²) >= 11 is 0. The van der Waals surface area contributed by atoms with E-state index in [1.165, 1.54) is 6.07 Å². The molecule has 2 N–H and O–H groups in total. The third-order valence-electron chi connectivity index (χ3n) is 2.08. The first kappa shape index (κ1) is 8.74. The Morgan fingerprint density at radius 3 is 2.79 bits per heavy atom. The van der Waals surface area contributed by atoms with Gasteiger partial charge in [0.05, 0.1) is 12.0 Å². The van der Waals surface area contributed by atoms with E-state index in [2.05, 4.69) is 4.98 Å². The van der Waals surface area contributed by atoms with Gasteiger partial charge in [0.15, 0.2) is 0 Å². The molecule has 72 valence electrons. The van der Waals surface area contributed by atoms with Gasteiger partial charge in [0.1, 0.15) is 5.82 Å². The monoisotopic (exact) mass is 191 g/mol. The van der Waals surface area contributed by atoms with Gasteiger partial charge in [0, 0.05) is 17.6 Å². The van der Waals surface area contributed by atoms with Crippen LogP contribution in [0.15, 0.2) is 30.7 Å². The van der Waals surface area contributed by atoms with Gasteiger partial charge >= 0.3 is 0 Å². The second kappa shape index (κ2) is 3.14. The van der Waals surface area contributed by atoms with E-state index in [4.69, 9.17) is 5.73 Å². The van der Waals surface area contributed by atoms with Crippen molar-refractivity contribution < 1.29 is 4.39 Å². The molecule has 0 spiro atoms. The molecule has 1 aromatic carbocycles. The molecule has 3 nitrogen and oxygen atoms in total. The number of hydrogen-bond acceptors (Lipinski definition) is 2. The van der Waals surface area contributed by atoms with E-state index in [0.717, 1.165) is 11.4 Å². The summed E-state index contributed by atoms with van der Waals surface area (Å²) in [5, 5.41) is 0. The number of nitrogens with two attached hydrogens (primary N) is 1. The predicted octanol–water partition coefficient (Wildman–Crippen LogP) is 1.90. The summed E-state index contributed by atoms with van der Waals surface area (Å²) in [7, 11) is 0. The van der Waals surface area contributed by atoms with Gasteiger partial charge in [-0.2, -0.15) is 0 Å². The largest absolute Gasteiger partial charge is 0.396 e. The number of rotatable bonds is 1. The van der Waals surface area contributed by atoms with Gasteiger partial charge in [-0.15, -0.1) is 0 Å². The minimum atomic E-state index is -0.397. The fourth-order valence-electron chi connectivity index (χ4n) is 1.31. The van der Waals surface area contributed by atoms with Crippen LogP contribution in [-0.4, -0.2) is 9.55 Å². The summed E-state index contributed by atoms with van der Waals surface area (Å²) in [6.45, 7) is 1.92. The number of aryl methyl sites for hydroxylation is 1.